The smallest absolute Gasteiger partial charge is 0.403 e. The van der Waals surface area contributed by atoms with E-state index in [9.17, 15) is 38.8 Å². The summed E-state index contributed by atoms with van der Waals surface area (Å²) >= 11 is 0. The van der Waals surface area contributed by atoms with Crippen LogP contribution in [-0.4, -0.2) is 81.8 Å². The molecule has 6 atom stereocenters. The van der Waals surface area contributed by atoms with Gasteiger partial charge in [0, 0.05) is 12.3 Å². The summed E-state index contributed by atoms with van der Waals surface area (Å²) in [5.41, 5.74) is -1.60. The van der Waals surface area contributed by atoms with Gasteiger partial charge in [0.05, 0.1) is 27.2 Å². The number of H-pyrrole nitrogens is 1. The van der Waals surface area contributed by atoms with Crippen LogP contribution in [0, 0.1) is 0 Å². The molecule has 0 spiro atoms. The van der Waals surface area contributed by atoms with Crippen molar-refractivity contribution in [3.8, 4) is 0 Å². The molecular weight excluding hydrogens is 445 g/mol. The highest BCUT2D eigenvalue weighted by atomic mass is 31.2. The summed E-state index contributed by atoms with van der Waals surface area (Å²) in [4.78, 5) is 58.0. The number of carbonyl (C=O) groups excluding carboxylic acids is 2. The summed E-state index contributed by atoms with van der Waals surface area (Å²) in [6.07, 6.45) is -5.63. The minimum Gasteiger partial charge on any atom is -0.469 e. The van der Waals surface area contributed by atoms with Gasteiger partial charge in [-0.3, -0.25) is 28.5 Å². The molecule has 1 saturated heterocycles. The number of nitrogens with one attached hydrogen (secondary N) is 2. The zero-order chi connectivity index (χ0) is 23.3. The van der Waals surface area contributed by atoms with Crippen molar-refractivity contribution in [3.63, 3.8) is 0 Å². The van der Waals surface area contributed by atoms with Crippen molar-refractivity contribution in [3.05, 3.63) is 33.1 Å². The minimum atomic E-state index is -4.74. The maximum atomic E-state index is 12.3. The van der Waals surface area contributed by atoms with Crippen molar-refractivity contribution in [2.24, 2.45) is 0 Å². The van der Waals surface area contributed by atoms with Crippen LogP contribution < -0.4 is 16.3 Å². The lowest BCUT2D eigenvalue weighted by Crippen LogP contribution is -2.39. The normalized spacial score (nSPS) is 26.1. The second-order valence-corrected chi connectivity index (χ2v) is 7.92. The highest BCUT2D eigenvalue weighted by Gasteiger charge is 2.45. The molecule has 1 aliphatic rings. The number of ether oxygens (including phenoxy) is 3. The Morgan fingerprint density at radius 2 is 1.97 bits per heavy atom. The number of nitrogens with zero attached hydrogens (tertiary/aromatic N) is 1. The number of hydrogen-bond acceptors (Lipinski definition) is 11. The van der Waals surface area contributed by atoms with Crippen LogP contribution in [0.3, 0.4) is 0 Å². The Labute approximate surface area is 174 Å². The van der Waals surface area contributed by atoms with Gasteiger partial charge in [-0.25, -0.2) is 14.4 Å². The van der Waals surface area contributed by atoms with E-state index in [2.05, 4.69) is 9.47 Å². The van der Waals surface area contributed by atoms with E-state index in [0.29, 0.717) is 0 Å². The lowest BCUT2D eigenvalue weighted by atomic mass is 10.1. The molecule has 0 radical (unpaired) electrons. The second kappa shape index (κ2) is 10.3. The number of aromatic amines is 1. The monoisotopic (exact) mass is 467 g/mol. The Morgan fingerprint density at radius 1 is 1.29 bits per heavy atom. The molecule has 2 rings (SSSR count). The molecule has 1 aromatic heterocycles. The SMILES string of the molecule is COC(=O)C[C@H](NP(=O)(O)OC[C@H]1O[C@@H](n2ccc(=O)[nH]c2=O)[C@H](O)[C@@H]1O)C(=O)OC. The molecule has 16 heteroatoms. The molecule has 0 amide bonds. The maximum absolute atomic E-state index is 12.3. The van der Waals surface area contributed by atoms with Crippen molar-refractivity contribution in [2.75, 3.05) is 20.8 Å². The predicted octanol–water partition coefficient (Wildman–Crippen LogP) is -3.03. The average molecular weight is 467 g/mol. The zero-order valence-corrected chi connectivity index (χ0v) is 17.3. The van der Waals surface area contributed by atoms with E-state index in [1.807, 2.05) is 10.1 Å². The lowest BCUT2D eigenvalue weighted by Gasteiger charge is -2.21. The number of aliphatic hydroxyl groups is 2. The summed E-state index contributed by atoms with van der Waals surface area (Å²) in [5.74, 6) is -1.90. The molecule has 0 aliphatic carbocycles. The molecule has 2 heterocycles. The Kier molecular flexibility index (Phi) is 8.25. The number of hydrogen-bond donors (Lipinski definition) is 5. The topological polar surface area (TPSA) is 216 Å². The van der Waals surface area contributed by atoms with Crippen LogP contribution in [0.4, 0.5) is 0 Å². The van der Waals surface area contributed by atoms with Crippen LogP contribution in [0.1, 0.15) is 12.6 Å². The molecule has 15 nitrogen and oxygen atoms in total. The van der Waals surface area contributed by atoms with Crippen LogP contribution in [0.5, 0.6) is 0 Å². The third-order valence-corrected chi connectivity index (χ3v) is 5.42. The standard InChI is InChI=1S/C15H22N3O12P/c1-27-10(20)5-7(14(23)28-2)17-31(25,26)29-6-8-11(21)12(22)13(30-8)18-4-3-9(19)16-15(18)24/h3-4,7-8,11-13,21-22H,5-6H2,1-2H3,(H,16,19,24)(H2,17,25,26)/t7-,8+,11+,12+,13+/m0/s1. The van der Waals surface area contributed by atoms with Crippen LogP contribution >= 0.6 is 7.75 Å². The first-order valence-corrected chi connectivity index (χ1v) is 10.3. The van der Waals surface area contributed by atoms with Crippen molar-refractivity contribution in [1.82, 2.24) is 14.6 Å². The van der Waals surface area contributed by atoms with Crippen LogP contribution in [0.25, 0.3) is 0 Å². The molecule has 1 fully saturated rings. The highest BCUT2D eigenvalue weighted by molar-refractivity contribution is 7.50. The van der Waals surface area contributed by atoms with Gasteiger partial charge in [-0.05, 0) is 0 Å². The molecule has 0 bridgehead atoms. The molecule has 31 heavy (non-hydrogen) atoms. The highest BCUT2D eigenvalue weighted by Crippen LogP contribution is 2.40. The second-order valence-electron chi connectivity index (χ2n) is 6.36. The molecule has 0 saturated carbocycles. The van der Waals surface area contributed by atoms with Gasteiger partial charge in [0.15, 0.2) is 6.23 Å². The van der Waals surface area contributed by atoms with E-state index < -0.39 is 74.5 Å². The molecule has 1 aliphatic heterocycles. The Balaban J connectivity index is 2.05. The van der Waals surface area contributed by atoms with Gasteiger partial charge in [0.25, 0.3) is 5.56 Å². The first kappa shape index (κ1) is 24.9. The quantitative estimate of drug-likeness (QED) is 0.181. The van der Waals surface area contributed by atoms with Gasteiger partial charge in [-0.2, -0.15) is 0 Å². The van der Waals surface area contributed by atoms with Gasteiger partial charge in [-0.1, -0.05) is 0 Å². The predicted molar refractivity (Wildman–Crippen MR) is 98.6 cm³/mol. The fourth-order valence-electron chi connectivity index (χ4n) is 2.71. The van der Waals surface area contributed by atoms with E-state index in [4.69, 9.17) is 9.26 Å². The van der Waals surface area contributed by atoms with E-state index in [-0.39, 0.29) is 0 Å². The number of methoxy groups -OCH3 is 2. The molecule has 5 N–H and O–H groups in total. The fourth-order valence-corrected chi connectivity index (χ4v) is 3.72. The summed E-state index contributed by atoms with van der Waals surface area (Å²) in [6, 6.07) is -0.575. The van der Waals surface area contributed by atoms with Crippen molar-refractivity contribution in [2.45, 2.75) is 37.0 Å². The first-order chi connectivity index (χ1) is 14.5. The van der Waals surface area contributed by atoms with Gasteiger partial charge >= 0.3 is 25.4 Å². The van der Waals surface area contributed by atoms with Gasteiger partial charge in [-0.15, -0.1) is 0 Å². The molecule has 0 aromatic carbocycles. The lowest BCUT2D eigenvalue weighted by molar-refractivity contribution is -0.149. The minimum absolute atomic E-state index is 0.629. The number of rotatable bonds is 9. The Hall–Kier alpha value is -2.39. The molecular formula is C15H22N3O12P. The van der Waals surface area contributed by atoms with Gasteiger partial charge in [0.2, 0.25) is 0 Å². The Bertz CT molecular complexity index is 961. The van der Waals surface area contributed by atoms with Crippen LogP contribution in [-0.2, 0) is 32.9 Å². The molecule has 174 valence electrons. The Morgan fingerprint density at radius 3 is 2.55 bits per heavy atom. The first-order valence-electron chi connectivity index (χ1n) is 8.72. The summed E-state index contributed by atoms with van der Waals surface area (Å²) in [5, 5.41) is 22.2. The van der Waals surface area contributed by atoms with Gasteiger partial charge in [0.1, 0.15) is 24.4 Å². The molecule has 1 aromatic rings. The van der Waals surface area contributed by atoms with E-state index in [1.54, 1.807) is 0 Å². The van der Waals surface area contributed by atoms with Crippen molar-refractivity contribution >= 4 is 19.7 Å². The largest absolute Gasteiger partial charge is 0.469 e. The fraction of sp³-hybridized carbons (Fsp3) is 0.600. The summed E-state index contributed by atoms with van der Waals surface area (Å²) in [6.45, 7) is -0.750. The third-order valence-electron chi connectivity index (χ3n) is 4.28. The van der Waals surface area contributed by atoms with Gasteiger partial charge < -0.3 is 29.3 Å². The van der Waals surface area contributed by atoms with E-state index in [1.165, 1.54) is 0 Å². The third kappa shape index (κ3) is 6.30. The average Bonchev–Trinajstić information content (AvgIpc) is 2.99. The number of aliphatic hydroxyl groups excluding tert-OH is 2. The van der Waals surface area contributed by atoms with Crippen LogP contribution in [0.2, 0.25) is 0 Å². The maximum Gasteiger partial charge on any atom is 0.403 e. The van der Waals surface area contributed by atoms with Crippen molar-refractivity contribution < 1.29 is 48.0 Å². The summed E-state index contributed by atoms with van der Waals surface area (Å²) in [7, 11) is -2.68. The van der Waals surface area contributed by atoms with Crippen molar-refractivity contribution in [1.29, 1.82) is 0 Å². The van der Waals surface area contributed by atoms with E-state index >= 15 is 0 Å². The number of carbonyl (C=O) groups is 2. The van der Waals surface area contributed by atoms with E-state index in [0.717, 1.165) is 31.0 Å². The number of esters is 2. The van der Waals surface area contributed by atoms with Crippen LogP contribution in [0.15, 0.2) is 21.9 Å². The number of aromatic nitrogens is 2. The summed E-state index contributed by atoms with van der Waals surface area (Å²) < 4.78 is 32.1. The molecule has 1 unspecified atom stereocenters. The zero-order valence-electron chi connectivity index (χ0n) is 16.4.